The second kappa shape index (κ2) is 7.08. The quantitative estimate of drug-likeness (QED) is 0.369. The second-order valence-electron chi connectivity index (χ2n) is 7.54. The van der Waals surface area contributed by atoms with Crippen LogP contribution in [-0.2, 0) is 5.72 Å². The summed E-state index contributed by atoms with van der Waals surface area (Å²) in [7, 11) is 0. The van der Waals surface area contributed by atoms with Gasteiger partial charge in [-0.1, -0.05) is 35.9 Å². The van der Waals surface area contributed by atoms with Gasteiger partial charge in [-0.15, -0.1) is 0 Å². The van der Waals surface area contributed by atoms with Crippen LogP contribution in [0.3, 0.4) is 0 Å². The molecule has 1 aromatic heterocycles. The molecule has 1 unspecified atom stereocenters. The van der Waals surface area contributed by atoms with Gasteiger partial charge in [-0.2, -0.15) is 0 Å². The highest BCUT2D eigenvalue weighted by Gasteiger charge is 2.50. The maximum Gasteiger partial charge on any atom is 0.411 e. The smallest absolute Gasteiger partial charge is 0.411 e. The van der Waals surface area contributed by atoms with Crippen LogP contribution < -0.4 is 10.2 Å². The van der Waals surface area contributed by atoms with Gasteiger partial charge in [0.1, 0.15) is 0 Å². The summed E-state index contributed by atoms with van der Waals surface area (Å²) in [6, 6.07) is 17.0. The molecule has 0 saturated heterocycles. The number of aliphatic hydroxyl groups is 1. The Bertz CT molecular complexity index is 1420. The van der Waals surface area contributed by atoms with Gasteiger partial charge < -0.3 is 15.2 Å². The summed E-state index contributed by atoms with van der Waals surface area (Å²) in [5.74, 6) is -0.285. The Kier molecular flexibility index (Phi) is 4.44. The standard InChI is InChI=1S/C23H17ClN4O4/c1-12-10-14(7-8-17(12)24)28-20(29)15-4-2-3-5-16(15)23(28,32)13-6-9-18-19(11-13)26-21(25-18)27-22(30)31/h2-11,32H,1H3,(H,30,31)(H2,25,26,27). The van der Waals surface area contributed by atoms with Gasteiger partial charge in [0, 0.05) is 27.4 Å². The van der Waals surface area contributed by atoms with Crippen LogP contribution in [0.4, 0.5) is 16.4 Å². The number of hydrogen-bond donors (Lipinski definition) is 4. The monoisotopic (exact) mass is 448 g/mol. The first kappa shape index (κ1) is 20.0. The van der Waals surface area contributed by atoms with E-state index in [2.05, 4.69) is 15.3 Å². The van der Waals surface area contributed by atoms with Crippen molar-refractivity contribution < 1.29 is 19.8 Å². The van der Waals surface area contributed by atoms with Gasteiger partial charge in [0.05, 0.1) is 11.0 Å². The SMILES string of the molecule is Cc1cc(N2C(=O)c3ccccc3C2(O)c2ccc3nc(NC(=O)O)[nH]c3c2)ccc1Cl. The predicted molar refractivity (Wildman–Crippen MR) is 120 cm³/mol. The normalized spacial score (nSPS) is 17.6. The Morgan fingerprint density at radius 3 is 2.69 bits per heavy atom. The summed E-state index contributed by atoms with van der Waals surface area (Å²) >= 11 is 6.18. The van der Waals surface area contributed by atoms with E-state index in [1.165, 1.54) is 4.90 Å². The van der Waals surface area contributed by atoms with Gasteiger partial charge in [-0.3, -0.25) is 15.0 Å². The number of aryl methyl sites for hydroxylation is 1. The van der Waals surface area contributed by atoms with Crippen LogP contribution >= 0.6 is 11.6 Å². The number of carboxylic acid groups (broad SMARTS) is 1. The lowest BCUT2D eigenvalue weighted by Gasteiger charge is -2.35. The lowest BCUT2D eigenvalue weighted by molar-refractivity contribution is 0.0704. The van der Waals surface area contributed by atoms with Crippen molar-refractivity contribution >= 4 is 46.3 Å². The number of nitrogens with one attached hydrogen (secondary N) is 2. The fraction of sp³-hybridized carbons (Fsp3) is 0.0870. The fourth-order valence-electron chi connectivity index (χ4n) is 4.11. The van der Waals surface area contributed by atoms with Crippen LogP contribution in [0.15, 0.2) is 60.7 Å². The fourth-order valence-corrected chi connectivity index (χ4v) is 4.22. The van der Waals surface area contributed by atoms with Crippen LogP contribution in [0.5, 0.6) is 0 Å². The number of aromatic nitrogens is 2. The van der Waals surface area contributed by atoms with Crippen molar-refractivity contribution in [3.05, 3.63) is 87.9 Å². The molecule has 1 atom stereocenters. The first-order chi connectivity index (χ1) is 15.3. The zero-order chi connectivity index (χ0) is 22.6. The minimum Gasteiger partial charge on any atom is -0.465 e. The van der Waals surface area contributed by atoms with E-state index in [-0.39, 0.29) is 11.9 Å². The maximum absolute atomic E-state index is 13.4. The number of anilines is 2. The molecular formula is C23H17ClN4O4. The lowest BCUT2D eigenvalue weighted by Crippen LogP contribution is -2.45. The maximum atomic E-state index is 13.4. The molecule has 1 aliphatic rings. The van der Waals surface area contributed by atoms with Crippen molar-refractivity contribution in [3.8, 4) is 0 Å². The van der Waals surface area contributed by atoms with Crippen molar-refractivity contribution in [1.29, 1.82) is 0 Å². The molecule has 3 aromatic carbocycles. The van der Waals surface area contributed by atoms with E-state index in [0.29, 0.717) is 38.4 Å². The Hall–Kier alpha value is -3.88. The molecule has 160 valence electrons. The third-order valence-corrected chi connectivity index (χ3v) is 5.99. The molecule has 2 amide bonds. The Morgan fingerprint density at radius 2 is 1.94 bits per heavy atom. The van der Waals surface area contributed by atoms with Crippen molar-refractivity contribution in [3.63, 3.8) is 0 Å². The second-order valence-corrected chi connectivity index (χ2v) is 7.95. The molecule has 1 aliphatic heterocycles. The molecule has 5 rings (SSSR count). The van der Waals surface area contributed by atoms with E-state index >= 15 is 0 Å². The van der Waals surface area contributed by atoms with E-state index in [1.807, 2.05) is 6.92 Å². The van der Waals surface area contributed by atoms with Crippen LogP contribution in [0.2, 0.25) is 5.02 Å². The number of fused-ring (bicyclic) bond motifs is 2. The van der Waals surface area contributed by atoms with Crippen molar-refractivity contribution in [2.24, 2.45) is 0 Å². The van der Waals surface area contributed by atoms with E-state index in [4.69, 9.17) is 16.7 Å². The first-order valence-electron chi connectivity index (χ1n) is 9.72. The van der Waals surface area contributed by atoms with E-state index < -0.39 is 11.8 Å². The average molecular weight is 449 g/mol. The molecule has 2 heterocycles. The third kappa shape index (κ3) is 2.92. The first-order valence-corrected chi connectivity index (χ1v) is 10.1. The van der Waals surface area contributed by atoms with Crippen molar-refractivity contribution in [2.45, 2.75) is 12.6 Å². The minimum absolute atomic E-state index is 0.0599. The van der Waals surface area contributed by atoms with Gasteiger partial charge >= 0.3 is 6.09 Å². The van der Waals surface area contributed by atoms with Crippen molar-refractivity contribution in [2.75, 3.05) is 10.2 Å². The molecule has 32 heavy (non-hydrogen) atoms. The molecule has 4 aromatic rings. The van der Waals surface area contributed by atoms with Gasteiger partial charge in [0.15, 0.2) is 5.72 Å². The predicted octanol–water partition coefficient (Wildman–Crippen LogP) is 4.47. The number of halogens is 1. The molecule has 0 saturated carbocycles. The van der Waals surface area contributed by atoms with E-state index in [0.717, 1.165) is 5.56 Å². The van der Waals surface area contributed by atoms with Crippen LogP contribution in [0, 0.1) is 6.92 Å². The van der Waals surface area contributed by atoms with E-state index in [1.54, 1.807) is 60.7 Å². The highest BCUT2D eigenvalue weighted by molar-refractivity contribution is 6.31. The summed E-state index contributed by atoms with van der Waals surface area (Å²) in [6.45, 7) is 1.83. The Labute approximate surface area is 187 Å². The number of carbonyl (C=O) groups is 2. The molecule has 0 fully saturated rings. The molecule has 0 spiro atoms. The summed E-state index contributed by atoms with van der Waals surface area (Å²) in [5.41, 5.74) is 1.73. The summed E-state index contributed by atoms with van der Waals surface area (Å²) in [5, 5.41) is 23.8. The number of imidazole rings is 1. The van der Waals surface area contributed by atoms with Gasteiger partial charge in [-0.05, 0) is 48.9 Å². The van der Waals surface area contributed by atoms with Crippen LogP contribution in [0.25, 0.3) is 11.0 Å². The third-order valence-electron chi connectivity index (χ3n) is 5.57. The summed E-state index contributed by atoms with van der Waals surface area (Å²) in [4.78, 5) is 32.7. The van der Waals surface area contributed by atoms with E-state index in [9.17, 15) is 14.7 Å². The molecule has 4 N–H and O–H groups in total. The van der Waals surface area contributed by atoms with Gasteiger partial charge in [0.25, 0.3) is 5.91 Å². The molecule has 9 heteroatoms. The largest absolute Gasteiger partial charge is 0.465 e. The highest BCUT2D eigenvalue weighted by atomic mass is 35.5. The Morgan fingerprint density at radius 1 is 1.16 bits per heavy atom. The van der Waals surface area contributed by atoms with Crippen molar-refractivity contribution in [1.82, 2.24) is 9.97 Å². The zero-order valence-electron chi connectivity index (χ0n) is 16.8. The minimum atomic E-state index is -1.80. The highest BCUT2D eigenvalue weighted by Crippen LogP contribution is 2.45. The van der Waals surface area contributed by atoms with Crippen LogP contribution in [0.1, 0.15) is 27.0 Å². The topological polar surface area (TPSA) is 119 Å². The lowest BCUT2D eigenvalue weighted by atomic mass is 9.93. The number of nitrogens with zero attached hydrogens (tertiary/aromatic N) is 2. The number of carbonyl (C=O) groups excluding carboxylic acids is 1. The van der Waals surface area contributed by atoms with Crippen LogP contribution in [-0.4, -0.2) is 32.2 Å². The number of benzene rings is 3. The summed E-state index contributed by atoms with van der Waals surface area (Å²) < 4.78 is 0. The molecule has 0 radical (unpaired) electrons. The van der Waals surface area contributed by atoms with Gasteiger partial charge in [-0.25, -0.2) is 9.78 Å². The number of H-pyrrole nitrogens is 1. The molecule has 8 nitrogen and oxygen atoms in total. The zero-order valence-corrected chi connectivity index (χ0v) is 17.5. The number of aromatic amines is 1. The van der Waals surface area contributed by atoms with Gasteiger partial charge in [0.2, 0.25) is 5.95 Å². The number of hydrogen-bond acceptors (Lipinski definition) is 4. The number of rotatable bonds is 3. The molecule has 0 aliphatic carbocycles. The molecule has 0 bridgehead atoms. The average Bonchev–Trinajstić information content (AvgIpc) is 3.26. The summed E-state index contributed by atoms with van der Waals surface area (Å²) in [6.07, 6.45) is -1.25. The molecular weight excluding hydrogens is 432 g/mol. The Balaban J connectivity index is 1.71. The number of amides is 2.